The molecule has 4 rings (SSSR count). The highest BCUT2D eigenvalue weighted by Crippen LogP contribution is 2.60. The first-order valence-corrected chi connectivity index (χ1v) is 21.8. The molecule has 2 amide bonds. The molecule has 1 aromatic heterocycles. The summed E-state index contributed by atoms with van der Waals surface area (Å²) in [5.41, 5.74) is 3.09. The van der Waals surface area contributed by atoms with E-state index < -0.39 is 31.7 Å². The number of carbonyl (C=O) groups excluding carboxylic acids is 2. The predicted octanol–water partition coefficient (Wildman–Crippen LogP) is 6.28. The van der Waals surface area contributed by atoms with Gasteiger partial charge in [-0.3, -0.25) is 29.1 Å². The lowest BCUT2D eigenvalue weighted by molar-refractivity contribution is -0.129. The van der Waals surface area contributed by atoms with E-state index in [1.807, 2.05) is 35.7 Å². The number of carbonyl (C=O) groups is 2. The number of hydrogen-bond donors (Lipinski definition) is 4. The summed E-state index contributed by atoms with van der Waals surface area (Å²) in [7, 11) is -2.10. The van der Waals surface area contributed by atoms with E-state index in [0.29, 0.717) is 31.4 Å². The first-order valence-electron chi connectivity index (χ1n) is 16.9. The maximum absolute atomic E-state index is 13.0. The third kappa shape index (κ3) is 9.45. The van der Waals surface area contributed by atoms with Crippen LogP contribution in [0.5, 0.6) is 0 Å². The Hall–Kier alpha value is -2.36. The molecule has 11 nitrogen and oxygen atoms in total. The Morgan fingerprint density at radius 2 is 1.69 bits per heavy atom. The second kappa shape index (κ2) is 16.6. The molecule has 2 saturated heterocycles. The van der Waals surface area contributed by atoms with Crippen LogP contribution in [0.25, 0.3) is 0 Å². The largest absolute Gasteiger partial charge is 0.414 e. The van der Waals surface area contributed by atoms with Gasteiger partial charge in [0.2, 0.25) is 11.8 Å². The lowest BCUT2D eigenvalue weighted by Gasteiger charge is -2.44. The van der Waals surface area contributed by atoms with Crippen molar-refractivity contribution in [1.82, 2.24) is 15.0 Å². The van der Waals surface area contributed by atoms with Gasteiger partial charge in [0.25, 0.3) is 5.56 Å². The number of aromatic nitrogens is 2. The lowest BCUT2D eigenvalue weighted by Crippen LogP contribution is -2.45. The van der Waals surface area contributed by atoms with E-state index in [-0.39, 0.29) is 33.5 Å². The summed E-state index contributed by atoms with van der Waals surface area (Å²) in [6.07, 6.45) is 6.16. The molecule has 2 fully saturated rings. The summed E-state index contributed by atoms with van der Waals surface area (Å²) >= 11 is 3.84. The molecule has 3 heterocycles. The van der Waals surface area contributed by atoms with Crippen molar-refractivity contribution in [2.45, 2.75) is 114 Å². The summed E-state index contributed by atoms with van der Waals surface area (Å²) in [4.78, 5) is 51.4. The molecule has 4 N–H and O–H groups in total. The molecule has 266 valence electrons. The van der Waals surface area contributed by atoms with E-state index in [1.165, 1.54) is 4.57 Å². The second-order valence-corrected chi connectivity index (χ2v) is 22.1. The maximum atomic E-state index is 13.0. The van der Waals surface area contributed by atoms with Crippen molar-refractivity contribution in [2.75, 3.05) is 23.4 Å². The van der Waals surface area contributed by atoms with Crippen molar-refractivity contribution in [1.29, 1.82) is 0 Å². The number of rotatable bonds is 14. The first-order chi connectivity index (χ1) is 22.7. The molecule has 48 heavy (non-hydrogen) atoms. The normalized spacial score (nSPS) is 21.2. The quantitative estimate of drug-likeness (QED) is 0.0765. The molecular weight excluding hydrogens is 669 g/mol. The molecule has 1 aromatic carbocycles. The third-order valence-corrected chi connectivity index (χ3v) is 17.9. The number of nitrogens with one attached hydrogen (secondary N) is 3. The topological polar surface area (TPSA) is 152 Å². The number of nitrogens with zero attached hydrogens (tertiary/aromatic N) is 1. The molecule has 2 aliphatic heterocycles. The fourth-order valence-corrected chi connectivity index (χ4v) is 10.6. The van der Waals surface area contributed by atoms with Crippen LogP contribution >= 0.6 is 23.5 Å². The number of aryl methyl sites for hydroxylation is 1. The Bertz CT molecular complexity index is 1520. The van der Waals surface area contributed by atoms with Gasteiger partial charge in [-0.05, 0) is 73.5 Å². The van der Waals surface area contributed by atoms with Gasteiger partial charge in [-0.25, -0.2) is 10.3 Å². The van der Waals surface area contributed by atoms with Crippen LogP contribution in [0.4, 0.5) is 5.69 Å². The summed E-state index contributed by atoms with van der Waals surface area (Å²) in [6.45, 7) is 13.2. The van der Waals surface area contributed by atoms with Gasteiger partial charge in [-0.15, -0.1) is 23.5 Å². The summed E-state index contributed by atoms with van der Waals surface area (Å²) in [5, 5.41) is 11.6. The number of hydrogen-bond acceptors (Lipinski definition) is 9. The Labute approximate surface area is 292 Å². The van der Waals surface area contributed by atoms with Crippen LogP contribution in [-0.4, -0.2) is 59.1 Å². The van der Waals surface area contributed by atoms with Crippen LogP contribution in [-0.2, 0) is 22.8 Å². The summed E-state index contributed by atoms with van der Waals surface area (Å²) in [5.74, 6) is 1.54. The summed E-state index contributed by atoms with van der Waals surface area (Å²) < 4.78 is 14.6. The Kier molecular flexibility index (Phi) is 13.3. The smallest absolute Gasteiger partial charge is 0.330 e. The highest BCUT2D eigenvalue weighted by atomic mass is 32.2. The zero-order chi connectivity index (χ0) is 35.1. The molecule has 0 aliphatic carbocycles. The molecule has 0 saturated carbocycles. The number of ether oxygens (including phenoxy) is 1. The van der Waals surface area contributed by atoms with Gasteiger partial charge in [0.1, 0.15) is 6.23 Å². The van der Waals surface area contributed by atoms with Crippen LogP contribution in [0.3, 0.4) is 0 Å². The van der Waals surface area contributed by atoms with E-state index >= 15 is 0 Å². The first kappa shape index (κ1) is 38.4. The Morgan fingerprint density at radius 1 is 1.06 bits per heavy atom. The van der Waals surface area contributed by atoms with Crippen molar-refractivity contribution in [2.24, 2.45) is 5.92 Å². The van der Waals surface area contributed by atoms with Crippen molar-refractivity contribution in [3.8, 4) is 0 Å². The zero-order valence-electron chi connectivity index (χ0n) is 29.1. The van der Waals surface area contributed by atoms with Gasteiger partial charge >= 0.3 is 5.69 Å². The lowest BCUT2D eigenvalue weighted by atomic mass is 9.91. The van der Waals surface area contributed by atoms with Gasteiger partial charge in [0, 0.05) is 42.6 Å². The molecule has 3 atom stereocenters. The fourth-order valence-electron chi connectivity index (χ4n) is 5.90. The zero-order valence-corrected chi connectivity index (χ0v) is 31.7. The number of H-pyrrole nitrogens is 1. The Balaban J connectivity index is 1.53. The minimum atomic E-state index is -2.10. The minimum Gasteiger partial charge on any atom is -0.414 e. The van der Waals surface area contributed by atoms with Crippen molar-refractivity contribution < 1.29 is 24.0 Å². The number of thioether (sulfide) groups is 2. The highest BCUT2D eigenvalue weighted by Gasteiger charge is 2.53. The number of amides is 2. The SMILES string of the molecule is Cc1cn([C@H]2C[C@H](C3(c4ccc(NC(=O)CCCCCCC(=O)NO)cc4)SCCCS3)[C@@H](CO[Si](C)(C)C(C)(C)C)O2)c(=O)[nH]c1=O. The van der Waals surface area contributed by atoms with Gasteiger partial charge in [0.05, 0.1) is 16.8 Å². The summed E-state index contributed by atoms with van der Waals surface area (Å²) in [6, 6.07) is 8.12. The van der Waals surface area contributed by atoms with Crippen LogP contribution in [0.15, 0.2) is 40.1 Å². The minimum absolute atomic E-state index is 0.00518. The maximum Gasteiger partial charge on any atom is 0.330 e. The van der Waals surface area contributed by atoms with Gasteiger partial charge in [0.15, 0.2) is 8.32 Å². The average Bonchev–Trinajstić information content (AvgIpc) is 3.48. The molecule has 0 radical (unpaired) electrons. The van der Waals surface area contributed by atoms with Gasteiger partial charge in [-0.2, -0.15) is 0 Å². The van der Waals surface area contributed by atoms with Crippen LogP contribution < -0.4 is 22.0 Å². The number of anilines is 1. The highest BCUT2D eigenvalue weighted by molar-refractivity contribution is 8.18. The number of hydroxylamine groups is 1. The molecule has 14 heteroatoms. The molecular formula is C34H52N4O7S2Si. The third-order valence-electron chi connectivity index (χ3n) is 9.77. The van der Waals surface area contributed by atoms with Gasteiger partial charge in [-0.1, -0.05) is 45.7 Å². The van der Waals surface area contributed by atoms with Gasteiger partial charge < -0.3 is 14.5 Å². The molecule has 0 spiro atoms. The average molecular weight is 721 g/mol. The Morgan fingerprint density at radius 3 is 2.29 bits per heavy atom. The number of unbranched alkanes of at least 4 members (excludes halogenated alkanes) is 3. The number of benzene rings is 1. The number of aromatic amines is 1. The van der Waals surface area contributed by atoms with Crippen molar-refractivity contribution in [3.05, 3.63) is 62.4 Å². The monoisotopic (exact) mass is 720 g/mol. The van der Waals surface area contributed by atoms with E-state index in [9.17, 15) is 19.2 Å². The predicted molar refractivity (Wildman–Crippen MR) is 195 cm³/mol. The van der Waals surface area contributed by atoms with E-state index in [2.05, 4.69) is 56.3 Å². The fraction of sp³-hybridized carbons (Fsp3) is 0.647. The second-order valence-electron chi connectivity index (χ2n) is 14.3. The molecule has 2 aromatic rings. The van der Waals surface area contributed by atoms with Crippen LogP contribution in [0, 0.1) is 12.8 Å². The van der Waals surface area contributed by atoms with E-state index in [4.69, 9.17) is 14.4 Å². The van der Waals surface area contributed by atoms with Crippen LogP contribution in [0.2, 0.25) is 18.1 Å². The molecule has 0 bridgehead atoms. The molecule has 2 aliphatic rings. The molecule has 0 unspecified atom stereocenters. The van der Waals surface area contributed by atoms with Crippen LogP contribution in [0.1, 0.15) is 89.5 Å². The van der Waals surface area contributed by atoms with E-state index in [0.717, 1.165) is 48.4 Å². The van der Waals surface area contributed by atoms with Crippen molar-refractivity contribution >= 4 is 49.3 Å². The standard InChI is InChI=1S/C34H52N4O7S2Si/c1-23-21-38(32(42)36-31(23)41)30-20-26(27(45-30)22-44-48(5,6)33(2,3)4)34(46-18-11-19-47-34)24-14-16-25(17-15-24)35-28(39)12-9-7-8-10-13-29(40)37-43/h14-17,21,26-27,30,43H,7-13,18-20,22H2,1-6H3,(H,35,39)(H,37,40)(H,36,41,42)/t26-,27+,30+/m0/s1. The van der Waals surface area contributed by atoms with E-state index in [1.54, 1.807) is 18.6 Å². The van der Waals surface area contributed by atoms with Crippen molar-refractivity contribution in [3.63, 3.8) is 0 Å².